The molecule has 0 rings (SSSR count). The molecule has 0 radical (unpaired) electrons. The van der Waals surface area contributed by atoms with Crippen molar-refractivity contribution >= 4 is 18.0 Å². The third-order valence-electron chi connectivity index (χ3n) is 2.25. The van der Waals surface area contributed by atoms with Gasteiger partial charge in [0.2, 0.25) is 0 Å². The predicted molar refractivity (Wildman–Crippen MR) is 76.4 cm³/mol. The number of hydrogen-bond donors (Lipinski definition) is 0. The van der Waals surface area contributed by atoms with E-state index in [2.05, 4.69) is 41.5 Å². The van der Waals surface area contributed by atoms with Crippen molar-refractivity contribution in [1.29, 1.82) is 0 Å². The van der Waals surface area contributed by atoms with Crippen molar-refractivity contribution in [2.24, 2.45) is 0 Å². The van der Waals surface area contributed by atoms with Gasteiger partial charge in [-0.2, -0.15) is 8.42 Å². The van der Waals surface area contributed by atoms with Crippen molar-refractivity contribution in [2.45, 2.75) is 71.8 Å². The maximum Gasteiger partial charge on any atom is 0.271 e. The van der Waals surface area contributed by atoms with Gasteiger partial charge >= 0.3 is 0 Å². The van der Waals surface area contributed by atoms with Crippen LogP contribution in [0.1, 0.15) is 55.4 Å². The van der Waals surface area contributed by atoms with Crippen molar-refractivity contribution in [3.63, 3.8) is 0 Å². The molecule has 0 aromatic rings. The maximum atomic E-state index is 11.9. The van der Waals surface area contributed by atoms with Crippen molar-refractivity contribution < 1.29 is 12.6 Å². The van der Waals surface area contributed by atoms with E-state index in [-0.39, 0.29) is 21.9 Å². The molecule has 104 valence electrons. The van der Waals surface area contributed by atoms with Gasteiger partial charge in [0.25, 0.3) is 10.1 Å². The quantitative estimate of drug-likeness (QED) is 0.582. The van der Waals surface area contributed by atoms with Crippen LogP contribution >= 0.6 is 7.92 Å². The van der Waals surface area contributed by atoms with Gasteiger partial charge in [-0.15, -0.1) is 0 Å². The minimum atomic E-state index is -3.42. The Morgan fingerprint density at radius 2 is 1.35 bits per heavy atom. The molecule has 0 aliphatic carbocycles. The summed E-state index contributed by atoms with van der Waals surface area (Å²) in [6.07, 6.45) is -0.281. The lowest BCUT2D eigenvalue weighted by molar-refractivity contribution is 0.251. The SMILES string of the molecule is CC(C)OS(=O)(=O)CP(C(C)(C)C)C(C)(C)C. The molecule has 0 fully saturated rings. The number of hydrogen-bond acceptors (Lipinski definition) is 3. The minimum Gasteiger partial charge on any atom is -0.267 e. The van der Waals surface area contributed by atoms with E-state index in [1.54, 1.807) is 13.8 Å². The topological polar surface area (TPSA) is 43.4 Å². The van der Waals surface area contributed by atoms with Gasteiger partial charge in [0, 0.05) is 0 Å². The molecular weight excluding hydrogens is 255 g/mol. The van der Waals surface area contributed by atoms with Gasteiger partial charge in [-0.3, -0.25) is 4.18 Å². The first-order valence-corrected chi connectivity index (χ1v) is 9.05. The zero-order valence-electron chi connectivity index (χ0n) is 12.4. The van der Waals surface area contributed by atoms with E-state index in [1.807, 2.05) is 0 Å². The van der Waals surface area contributed by atoms with Gasteiger partial charge in [-0.1, -0.05) is 49.5 Å². The predicted octanol–water partition coefficient (Wildman–Crippen LogP) is 3.78. The second kappa shape index (κ2) is 5.54. The Hall–Kier alpha value is 0.340. The molecule has 0 aliphatic heterocycles. The summed E-state index contributed by atoms with van der Waals surface area (Å²) in [7, 11) is -4.09. The van der Waals surface area contributed by atoms with Gasteiger partial charge in [0.1, 0.15) is 0 Å². The zero-order valence-corrected chi connectivity index (χ0v) is 14.1. The van der Waals surface area contributed by atoms with Crippen LogP contribution in [0.3, 0.4) is 0 Å². The Morgan fingerprint density at radius 3 is 1.59 bits per heavy atom. The van der Waals surface area contributed by atoms with E-state index in [1.165, 1.54) is 0 Å². The van der Waals surface area contributed by atoms with E-state index in [4.69, 9.17) is 4.18 Å². The Labute approximate surface area is 108 Å². The Morgan fingerprint density at radius 1 is 1.00 bits per heavy atom. The van der Waals surface area contributed by atoms with Crippen molar-refractivity contribution in [2.75, 3.05) is 5.49 Å². The fraction of sp³-hybridized carbons (Fsp3) is 1.00. The van der Waals surface area contributed by atoms with Gasteiger partial charge in [0.05, 0.1) is 11.6 Å². The summed E-state index contributed by atoms with van der Waals surface area (Å²) in [5, 5.41) is 0.00197. The molecule has 0 saturated carbocycles. The van der Waals surface area contributed by atoms with E-state index in [0.717, 1.165) is 0 Å². The van der Waals surface area contributed by atoms with Crippen LogP contribution in [0.5, 0.6) is 0 Å². The van der Waals surface area contributed by atoms with Crippen LogP contribution in [0.25, 0.3) is 0 Å². The van der Waals surface area contributed by atoms with Crippen LogP contribution in [-0.2, 0) is 14.3 Å². The van der Waals surface area contributed by atoms with Crippen molar-refractivity contribution in [3.05, 3.63) is 0 Å². The van der Waals surface area contributed by atoms with Crippen LogP contribution in [0, 0.1) is 0 Å². The molecule has 3 nitrogen and oxygen atoms in total. The normalized spacial score (nSPS) is 14.7. The smallest absolute Gasteiger partial charge is 0.267 e. The molecule has 0 amide bonds. The lowest BCUT2D eigenvalue weighted by Gasteiger charge is -2.41. The Balaban J connectivity index is 5.04. The summed E-state index contributed by atoms with van der Waals surface area (Å²) >= 11 is 0. The molecule has 0 bridgehead atoms. The average molecular weight is 282 g/mol. The highest BCUT2D eigenvalue weighted by Gasteiger charge is 2.38. The Bertz CT molecular complexity index is 320. The molecule has 5 heteroatoms. The first-order valence-electron chi connectivity index (χ1n) is 5.94. The number of rotatable bonds is 4. The van der Waals surface area contributed by atoms with Crippen LogP contribution in [0.2, 0.25) is 0 Å². The average Bonchev–Trinajstić information content (AvgIpc) is 1.93. The Kier molecular flexibility index (Phi) is 5.65. The largest absolute Gasteiger partial charge is 0.271 e. The summed E-state index contributed by atoms with van der Waals surface area (Å²) in [4.78, 5) is 0. The van der Waals surface area contributed by atoms with Crippen molar-refractivity contribution in [1.82, 2.24) is 0 Å². The second-order valence-corrected chi connectivity index (χ2v) is 12.5. The van der Waals surface area contributed by atoms with Gasteiger partial charge in [-0.25, -0.2) is 0 Å². The van der Waals surface area contributed by atoms with E-state index in [0.29, 0.717) is 0 Å². The first-order chi connectivity index (χ1) is 7.26. The lowest BCUT2D eigenvalue weighted by Crippen LogP contribution is -2.30. The molecule has 0 aromatic carbocycles. The second-order valence-electron chi connectivity index (χ2n) is 6.60. The minimum absolute atomic E-state index is 0.000985. The zero-order chi connectivity index (χ0) is 14.1. The van der Waals surface area contributed by atoms with E-state index in [9.17, 15) is 8.42 Å². The van der Waals surface area contributed by atoms with Crippen LogP contribution in [-0.4, -0.2) is 30.3 Å². The fourth-order valence-corrected chi connectivity index (χ4v) is 9.08. The van der Waals surface area contributed by atoms with Gasteiger partial charge in [0.15, 0.2) is 0 Å². The molecule has 0 unspecified atom stereocenters. The van der Waals surface area contributed by atoms with Gasteiger partial charge in [-0.05, 0) is 24.2 Å². The highest BCUT2D eigenvalue weighted by molar-refractivity contribution is 7.94. The summed E-state index contributed by atoms with van der Waals surface area (Å²) < 4.78 is 28.9. The highest BCUT2D eigenvalue weighted by Crippen LogP contribution is 2.59. The summed E-state index contributed by atoms with van der Waals surface area (Å²) in [6.45, 7) is 16.1. The molecule has 0 atom stereocenters. The lowest BCUT2D eigenvalue weighted by atomic mass is 10.2. The molecule has 0 spiro atoms. The van der Waals surface area contributed by atoms with Crippen LogP contribution < -0.4 is 0 Å². The van der Waals surface area contributed by atoms with Crippen LogP contribution in [0.4, 0.5) is 0 Å². The molecular formula is C12H27O3PS. The molecule has 0 saturated heterocycles. The van der Waals surface area contributed by atoms with E-state index >= 15 is 0 Å². The van der Waals surface area contributed by atoms with Crippen LogP contribution in [0.15, 0.2) is 0 Å². The standard InChI is InChI=1S/C12H27O3PS/c1-10(2)15-17(13,14)9-16(11(3,4)5)12(6,7)8/h10H,9H2,1-8H3. The molecule has 0 aliphatic rings. The molecule has 0 aromatic heterocycles. The summed E-state index contributed by atoms with van der Waals surface area (Å²) in [5.74, 6) is 0. The highest BCUT2D eigenvalue weighted by atomic mass is 32.2. The molecule has 0 N–H and O–H groups in total. The first kappa shape index (κ1) is 17.3. The summed E-state index contributed by atoms with van der Waals surface area (Å²) in [6, 6.07) is 0. The monoisotopic (exact) mass is 282 g/mol. The van der Waals surface area contributed by atoms with Gasteiger partial charge < -0.3 is 0 Å². The summed E-state index contributed by atoms with van der Waals surface area (Å²) in [5.41, 5.74) is 0.146. The van der Waals surface area contributed by atoms with E-state index < -0.39 is 18.0 Å². The maximum absolute atomic E-state index is 11.9. The third kappa shape index (κ3) is 6.73. The third-order valence-corrected chi connectivity index (χ3v) is 8.46. The molecule has 17 heavy (non-hydrogen) atoms. The van der Waals surface area contributed by atoms with Crippen molar-refractivity contribution in [3.8, 4) is 0 Å². The fourth-order valence-electron chi connectivity index (χ4n) is 1.88. The molecule has 0 heterocycles.